The molecule has 192 valence electrons. The molecule has 0 unspecified atom stereocenters. The van der Waals surface area contributed by atoms with Crippen molar-refractivity contribution in [2.45, 2.75) is 27.6 Å². The zero-order valence-corrected chi connectivity index (χ0v) is 20.5. The summed E-state index contributed by atoms with van der Waals surface area (Å²) >= 11 is 8.29. The van der Waals surface area contributed by atoms with E-state index in [4.69, 9.17) is 9.47 Å². The van der Waals surface area contributed by atoms with Gasteiger partial charge >= 0.3 is 12.4 Å². The molecule has 0 fully saturated rings. The second-order valence-electron chi connectivity index (χ2n) is 7.99. The quantitative estimate of drug-likeness (QED) is 0.183. The molecule has 0 saturated carbocycles. The summed E-state index contributed by atoms with van der Waals surface area (Å²) in [6.45, 7) is 0. The fourth-order valence-electron chi connectivity index (χ4n) is 3.83. The molecule has 0 saturated heterocycles. The molecule has 0 aliphatic carbocycles. The predicted molar refractivity (Wildman–Crippen MR) is 133 cm³/mol. The first kappa shape index (κ1) is 26.8. The number of alkyl halides is 6. The van der Waals surface area contributed by atoms with Crippen molar-refractivity contribution in [1.29, 1.82) is 0 Å². The Bertz CT molecular complexity index is 1230. The van der Waals surface area contributed by atoms with Gasteiger partial charge in [0.15, 0.2) is 0 Å². The summed E-state index contributed by atoms with van der Waals surface area (Å²) in [5.74, 6) is 0.848. The number of hydrogen-bond acceptors (Lipinski definition) is 4. The SMILES string of the molecule is FC(F)(F)C(c1ccc(Oc2ccc(S)cc2)cc1)(c1ccc(Oc2ccc(S)cc2)cc1)C(F)(F)F. The van der Waals surface area contributed by atoms with E-state index in [0.717, 1.165) is 48.5 Å². The van der Waals surface area contributed by atoms with Crippen LogP contribution in [0.15, 0.2) is 107 Å². The Hall–Kier alpha value is -3.24. The van der Waals surface area contributed by atoms with Crippen molar-refractivity contribution in [3.63, 3.8) is 0 Å². The van der Waals surface area contributed by atoms with Gasteiger partial charge in [-0.3, -0.25) is 0 Å². The van der Waals surface area contributed by atoms with Crippen molar-refractivity contribution in [3.8, 4) is 23.0 Å². The third kappa shape index (κ3) is 5.55. The van der Waals surface area contributed by atoms with Crippen molar-refractivity contribution in [3.05, 3.63) is 108 Å². The molecule has 10 heteroatoms. The second-order valence-corrected chi connectivity index (χ2v) is 9.02. The van der Waals surface area contributed by atoms with Gasteiger partial charge in [0, 0.05) is 9.79 Å². The maximum atomic E-state index is 14.4. The van der Waals surface area contributed by atoms with Crippen LogP contribution in [0.5, 0.6) is 23.0 Å². The van der Waals surface area contributed by atoms with E-state index < -0.39 is 28.9 Å². The highest BCUT2D eigenvalue weighted by molar-refractivity contribution is 7.80. The molecule has 2 nitrogen and oxygen atoms in total. The van der Waals surface area contributed by atoms with Crippen molar-refractivity contribution < 1.29 is 35.8 Å². The zero-order chi connectivity index (χ0) is 26.8. The van der Waals surface area contributed by atoms with Crippen LogP contribution >= 0.6 is 25.3 Å². The number of hydrogen-bond donors (Lipinski definition) is 2. The maximum Gasteiger partial charge on any atom is 0.411 e. The van der Waals surface area contributed by atoms with E-state index in [1.807, 2.05) is 0 Å². The second kappa shape index (κ2) is 10.3. The largest absolute Gasteiger partial charge is 0.457 e. The zero-order valence-electron chi connectivity index (χ0n) is 18.7. The standard InChI is InChI=1S/C27H18F6O2S2/c28-26(29,30)25(27(31,32)33,17-1-5-19(6-2-17)34-21-9-13-23(36)14-10-21)18-3-7-20(8-4-18)35-22-11-15-24(37)16-12-22/h1-16,36-37H. The highest BCUT2D eigenvalue weighted by Gasteiger charge is 2.72. The molecule has 0 atom stereocenters. The minimum Gasteiger partial charge on any atom is -0.457 e. The first-order chi connectivity index (χ1) is 17.4. The maximum absolute atomic E-state index is 14.4. The Kier molecular flexibility index (Phi) is 7.43. The van der Waals surface area contributed by atoms with E-state index in [-0.39, 0.29) is 11.5 Å². The molecule has 0 aliphatic rings. The van der Waals surface area contributed by atoms with Gasteiger partial charge in [-0.25, -0.2) is 0 Å². The molecule has 0 bridgehead atoms. The normalized spacial score (nSPS) is 12.3. The van der Waals surface area contributed by atoms with Crippen LogP contribution < -0.4 is 9.47 Å². The lowest BCUT2D eigenvalue weighted by molar-refractivity contribution is -0.288. The molecule has 0 spiro atoms. The fourth-order valence-corrected chi connectivity index (χ4v) is 4.13. The van der Waals surface area contributed by atoms with Crippen molar-refractivity contribution in [2.24, 2.45) is 0 Å². The van der Waals surface area contributed by atoms with Crippen molar-refractivity contribution in [1.82, 2.24) is 0 Å². The van der Waals surface area contributed by atoms with Crippen molar-refractivity contribution >= 4 is 25.3 Å². The molecule has 0 radical (unpaired) electrons. The van der Waals surface area contributed by atoms with Gasteiger partial charge < -0.3 is 9.47 Å². The Balaban J connectivity index is 1.71. The van der Waals surface area contributed by atoms with E-state index in [0.29, 0.717) is 21.3 Å². The molecular weight excluding hydrogens is 534 g/mol. The van der Waals surface area contributed by atoms with Crippen molar-refractivity contribution in [2.75, 3.05) is 0 Å². The van der Waals surface area contributed by atoms with Gasteiger partial charge in [0.25, 0.3) is 0 Å². The average molecular weight is 553 g/mol. The molecule has 0 amide bonds. The number of thiol groups is 2. The summed E-state index contributed by atoms with van der Waals surface area (Å²) in [4.78, 5) is 1.32. The number of ether oxygens (including phenoxy) is 2. The third-order valence-corrected chi connectivity index (χ3v) is 6.17. The molecule has 0 aromatic heterocycles. The number of halogens is 6. The Morgan fingerprint density at radius 1 is 0.405 bits per heavy atom. The lowest BCUT2D eigenvalue weighted by Crippen LogP contribution is -2.54. The highest BCUT2D eigenvalue weighted by atomic mass is 32.1. The van der Waals surface area contributed by atoms with Crippen LogP contribution in [0.1, 0.15) is 11.1 Å². The average Bonchev–Trinajstić information content (AvgIpc) is 2.83. The minimum atomic E-state index is -5.71. The van der Waals surface area contributed by atoms with E-state index in [1.54, 1.807) is 48.5 Å². The van der Waals surface area contributed by atoms with Crippen LogP contribution in [0.4, 0.5) is 26.3 Å². The van der Waals surface area contributed by atoms with Gasteiger partial charge in [0.2, 0.25) is 5.41 Å². The molecule has 4 aromatic carbocycles. The molecule has 0 N–H and O–H groups in total. The topological polar surface area (TPSA) is 18.5 Å². The summed E-state index contributed by atoms with van der Waals surface area (Å²) in [6.07, 6.45) is -11.4. The lowest BCUT2D eigenvalue weighted by atomic mass is 9.73. The molecule has 0 heterocycles. The van der Waals surface area contributed by atoms with E-state index in [1.165, 1.54) is 0 Å². The van der Waals surface area contributed by atoms with E-state index in [2.05, 4.69) is 25.3 Å². The summed E-state index contributed by atoms with van der Waals surface area (Å²) in [5.41, 5.74) is -6.27. The van der Waals surface area contributed by atoms with Gasteiger partial charge in [-0.1, -0.05) is 24.3 Å². The van der Waals surface area contributed by atoms with Crippen LogP contribution in [0, 0.1) is 0 Å². The summed E-state index contributed by atoms with van der Waals surface area (Å²) in [5, 5.41) is 0. The Labute approximate surface area is 219 Å². The van der Waals surface area contributed by atoms with Gasteiger partial charge in [-0.15, -0.1) is 25.3 Å². The van der Waals surface area contributed by atoms with E-state index in [9.17, 15) is 26.3 Å². The first-order valence-corrected chi connectivity index (χ1v) is 11.6. The van der Waals surface area contributed by atoms with Crippen LogP contribution in [-0.2, 0) is 5.41 Å². The molecular formula is C27H18F6O2S2. The minimum absolute atomic E-state index is 0.0740. The van der Waals surface area contributed by atoms with Crippen LogP contribution in [0.25, 0.3) is 0 Å². The molecule has 0 aliphatic heterocycles. The van der Waals surface area contributed by atoms with Gasteiger partial charge in [0.1, 0.15) is 23.0 Å². The first-order valence-electron chi connectivity index (χ1n) is 10.7. The highest BCUT2D eigenvalue weighted by Crippen LogP contribution is 2.56. The number of benzene rings is 4. The summed E-state index contributed by atoms with van der Waals surface area (Å²) in [7, 11) is 0. The third-order valence-electron chi connectivity index (χ3n) is 5.57. The van der Waals surface area contributed by atoms with Crippen LogP contribution in [-0.4, -0.2) is 12.4 Å². The lowest BCUT2D eigenvalue weighted by Gasteiger charge is -2.38. The molecule has 4 aromatic rings. The van der Waals surface area contributed by atoms with Crippen LogP contribution in [0.2, 0.25) is 0 Å². The number of rotatable bonds is 6. The smallest absolute Gasteiger partial charge is 0.411 e. The summed E-state index contributed by atoms with van der Waals surface area (Å²) in [6, 6.07) is 20.2. The fraction of sp³-hybridized carbons (Fsp3) is 0.111. The predicted octanol–water partition coefficient (Wildman–Crippen LogP) is 9.26. The van der Waals surface area contributed by atoms with Gasteiger partial charge in [-0.05, 0) is 83.9 Å². The summed E-state index contributed by atoms with van der Waals surface area (Å²) < 4.78 is 97.6. The Morgan fingerprint density at radius 3 is 0.892 bits per heavy atom. The molecule has 37 heavy (non-hydrogen) atoms. The van der Waals surface area contributed by atoms with Gasteiger partial charge in [-0.2, -0.15) is 26.3 Å². The Morgan fingerprint density at radius 2 is 0.649 bits per heavy atom. The monoisotopic (exact) mass is 552 g/mol. The van der Waals surface area contributed by atoms with Gasteiger partial charge in [0.05, 0.1) is 0 Å². The molecule has 4 rings (SSSR count). The van der Waals surface area contributed by atoms with Crippen LogP contribution in [0.3, 0.4) is 0 Å². The van der Waals surface area contributed by atoms with E-state index >= 15 is 0 Å².